The predicted octanol–water partition coefficient (Wildman–Crippen LogP) is 5.25. The number of hydrogen-bond acceptors (Lipinski definition) is 3. The van der Waals surface area contributed by atoms with Crippen LogP contribution in [0.4, 0.5) is 5.69 Å². The summed E-state index contributed by atoms with van der Waals surface area (Å²) in [6, 6.07) is 10.3. The van der Waals surface area contributed by atoms with E-state index in [9.17, 15) is 9.59 Å². The molecular weight excluding hydrogens is 405 g/mol. The number of hydrogen-bond donors (Lipinski definition) is 1. The van der Waals surface area contributed by atoms with Gasteiger partial charge in [-0.2, -0.15) is 0 Å². The van der Waals surface area contributed by atoms with Crippen LogP contribution >= 0.6 is 46.6 Å². The molecule has 0 unspecified atom stereocenters. The lowest BCUT2D eigenvalue weighted by Gasteiger charge is -2.30. The lowest BCUT2D eigenvalue weighted by molar-refractivity contribution is -0.131. The first-order valence-corrected chi connectivity index (χ1v) is 8.98. The number of fused-ring (bicyclic) bond motifs is 1. The lowest BCUT2D eigenvalue weighted by atomic mass is 10.1. The summed E-state index contributed by atoms with van der Waals surface area (Å²) in [6.45, 7) is 0.209. The average Bonchev–Trinajstić information content (AvgIpc) is 2.55. The highest BCUT2D eigenvalue weighted by Crippen LogP contribution is 2.45. The largest absolute Gasteiger partial charge is 0.478 e. The highest BCUT2D eigenvalue weighted by atomic mass is 35.5. The van der Waals surface area contributed by atoms with Gasteiger partial charge < -0.3 is 10.0 Å². The van der Waals surface area contributed by atoms with Crippen molar-refractivity contribution >= 4 is 64.1 Å². The smallest absolute Gasteiger partial charge is 0.329 e. The second-order valence-corrected chi connectivity index (χ2v) is 7.45. The summed E-state index contributed by atoms with van der Waals surface area (Å²) in [6.07, 6.45) is 0.890. The maximum Gasteiger partial charge on any atom is 0.329 e. The average molecular weight is 415 g/mol. The molecule has 0 bridgehead atoms. The van der Waals surface area contributed by atoms with E-state index in [0.717, 1.165) is 23.4 Å². The van der Waals surface area contributed by atoms with E-state index in [4.69, 9.17) is 39.9 Å². The minimum absolute atomic E-state index is 0.0909. The van der Waals surface area contributed by atoms with E-state index in [1.54, 1.807) is 36.4 Å². The predicted molar refractivity (Wildman–Crippen MR) is 101 cm³/mol. The zero-order valence-electron chi connectivity index (χ0n) is 12.5. The fourth-order valence-corrected chi connectivity index (χ4v) is 4.02. The molecule has 1 aliphatic rings. The number of amides is 1. The molecule has 8 heteroatoms. The van der Waals surface area contributed by atoms with Crippen LogP contribution in [0.3, 0.4) is 0 Å². The van der Waals surface area contributed by atoms with Crippen LogP contribution in [0.5, 0.6) is 0 Å². The molecule has 0 aliphatic carbocycles. The summed E-state index contributed by atoms with van der Waals surface area (Å²) in [5, 5.41) is 10.3. The number of halogens is 3. The van der Waals surface area contributed by atoms with Crippen molar-refractivity contribution in [3.8, 4) is 0 Å². The van der Waals surface area contributed by atoms with Crippen LogP contribution in [0.1, 0.15) is 5.56 Å². The molecule has 4 nitrogen and oxygen atoms in total. The first-order chi connectivity index (χ1) is 11.9. The highest BCUT2D eigenvalue weighted by molar-refractivity contribution is 8.04. The van der Waals surface area contributed by atoms with E-state index < -0.39 is 11.9 Å². The summed E-state index contributed by atoms with van der Waals surface area (Å²) < 4.78 is 0. The van der Waals surface area contributed by atoms with Crippen molar-refractivity contribution in [2.75, 3.05) is 4.90 Å². The van der Waals surface area contributed by atoms with Gasteiger partial charge in [0.25, 0.3) is 5.91 Å². The van der Waals surface area contributed by atoms with Gasteiger partial charge in [0, 0.05) is 6.08 Å². The van der Waals surface area contributed by atoms with Crippen LogP contribution in [0.2, 0.25) is 15.1 Å². The molecule has 0 aromatic heterocycles. The van der Waals surface area contributed by atoms with E-state index >= 15 is 0 Å². The molecule has 1 heterocycles. The normalized spacial score (nSPS) is 15.4. The van der Waals surface area contributed by atoms with E-state index in [1.165, 1.54) is 4.90 Å². The van der Waals surface area contributed by atoms with Crippen molar-refractivity contribution < 1.29 is 14.7 Å². The van der Waals surface area contributed by atoms with E-state index in [0.29, 0.717) is 25.7 Å². The molecule has 0 spiro atoms. The van der Waals surface area contributed by atoms with Gasteiger partial charge in [-0.1, -0.05) is 58.7 Å². The summed E-state index contributed by atoms with van der Waals surface area (Å²) in [4.78, 5) is 26.0. The third kappa shape index (κ3) is 3.80. The minimum atomic E-state index is -1.19. The molecule has 25 heavy (non-hydrogen) atoms. The SMILES string of the molecule is O=C(O)/C=C1\Sc2c(Cl)cccc2N(Cc2ccc(Cl)c(Cl)c2)C1=O. The maximum absolute atomic E-state index is 12.8. The Hall–Kier alpha value is -1.66. The van der Waals surface area contributed by atoms with Crippen molar-refractivity contribution in [2.24, 2.45) is 0 Å². The first-order valence-electron chi connectivity index (χ1n) is 7.03. The van der Waals surface area contributed by atoms with E-state index in [1.807, 2.05) is 0 Å². The topological polar surface area (TPSA) is 57.6 Å². The van der Waals surface area contributed by atoms with Crippen molar-refractivity contribution in [2.45, 2.75) is 11.4 Å². The van der Waals surface area contributed by atoms with Crippen molar-refractivity contribution in [1.29, 1.82) is 0 Å². The van der Waals surface area contributed by atoms with Crippen LogP contribution in [0, 0.1) is 0 Å². The minimum Gasteiger partial charge on any atom is -0.478 e. The monoisotopic (exact) mass is 413 g/mol. The first kappa shape index (κ1) is 18.1. The van der Waals surface area contributed by atoms with Crippen molar-refractivity contribution in [3.63, 3.8) is 0 Å². The number of benzene rings is 2. The van der Waals surface area contributed by atoms with Gasteiger partial charge in [0.1, 0.15) is 0 Å². The van der Waals surface area contributed by atoms with Crippen molar-refractivity contribution in [1.82, 2.24) is 0 Å². The fourth-order valence-electron chi connectivity index (χ4n) is 2.39. The Balaban J connectivity index is 2.06. The van der Waals surface area contributed by atoms with Gasteiger partial charge in [-0.05, 0) is 29.8 Å². The Morgan fingerprint density at radius 3 is 2.56 bits per heavy atom. The van der Waals surface area contributed by atoms with Crippen LogP contribution in [-0.4, -0.2) is 17.0 Å². The Morgan fingerprint density at radius 2 is 1.88 bits per heavy atom. The number of rotatable bonds is 3. The molecule has 128 valence electrons. The number of thioether (sulfide) groups is 1. The van der Waals surface area contributed by atoms with Gasteiger partial charge in [-0.15, -0.1) is 0 Å². The molecule has 0 atom stereocenters. The molecule has 0 fully saturated rings. The van der Waals surface area contributed by atoms with Crippen molar-refractivity contribution in [3.05, 3.63) is 68.0 Å². The number of anilines is 1. The van der Waals surface area contributed by atoms with Gasteiger partial charge in [-0.25, -0.2) is 4.79 Å². The molecular formula is C17H10Cl3NO3S. The van der Waals surface area contributed by atoms with Crippen LogP contribution < -0.4 is 4.90 Å². The van der Waals surface area contributed by atoms with Gasteiger partial charge in [0.05, 0.1) is 37.1 Å². The molecule has 2 aromatic rings. The lowest BCUT2D eigenvalue weighted by Crippen LogP contribution is -2.34. The maximum atomic E-state index is 12.8. The molecule has 0 saturated heterocycles. The van der Waals surface area contributed by atoms with Gasteiger partial charge in [-0.3, -0.25) is 4.79 Å². The van der Waals surface area contributed by atoms with E-state index in [2.05, 4.69) is 0 Å². The second-order valence-electron chi connectivity index (χ2n) is 5.18. The number of aliphatic carboxylic acids is 1. The Kier molecular flexibility index (Phi) is 5.29. The molecule has 0 saturated carbocycles. The standard InChI is InChI=1S/C17H10Cl3NO3S/c18-10-5-4-9(6-12(10)20)8-21-13-3-1-2-11(19)16(13)25-14(17(21)24)7-15(22)23/h1-7H,8H2,(H,22,23)/b14-7-. The summed E-state index contributed by atoms with van der Waals surface area (Å²) >= 11 is 19.3. The molecule has 1 aliphatic heterocycles. The number of nitrogens with zero attached hydrogens (tertiary/aromatic N) is 1. The molecule has 1 amide bonds. The third-order valence-electron chi connectivity index (χ3n) is 3.48. The fraction of sp³-hybridized carbons (Fsp3) is 0.0588. The summed E-state index contributed by atoms with van der Waals surface area (Å²) in [5.41, 5.74) is 1.38. The third-order valence-corrected chi connectivity index (χ3v) is 5.80. The second kappa shape index (κ2) is 7.30. The van der Waals surface area contributed by atoms with Gasteiger partial charge in [0.15, 0.2) is 0 Å². The summed E-state index contributed by atoms with van der Waals surface area (Å²) in [5.74, 6) is -1.60. The van der Waals surface area contributed by atoms with Crippen LogP contribution in [0.15, 0.2) is 52.3 Å². The zero-order chi connectivity index (χ0) is 18.1. The number of carbonyl (C=O) groups is 2. The van der Waals surface area contributed by atoms with Crippen LogP contribution in [0.25, 0.3) is 0 Å². The number of carboxylic acid groups (broad SMARTS) is 1. The molecule has 2 aromatic carbocycles. The summed E-state index contributed by atoms with van der Waals surface area (Å²) in [7, 11) is 0. The quantitative estimate of drug-likeness (QED) is 0.697. The van der Waals surface area contributed by atoms with E-state index in [-0.39, 0.29) is 11.4 Å². The van der Waals surface area contributed by atoms with Gasteiger partial charge in [0.2, 0.25) is 0 Å². The number of carbonyl (C=O) groups excluding carboxylic acids is 1. The molecule has 1 N–H and O–H groups in total. The van der Waals surface area contributed by atoms with Gasteiger partial charge >= 0.3 is 5.97 Å². The Labute approximate surface area is 163 Å². The van der Waals surface area contributed by atoms with Crippen LogP contribution in [-0.2, 0) is 16.1 Å². The number of carboxylic acids is 1. The highest BCUT2D eigenvalue weighted by Gasteiger charge is 2.31. The zero-order valence-corrected chi connectivity index (χ0v) is 15.6. The Morgan fingerprint density at radius 1 is 1.12 bits per heavy atom. The molecule has 0 radical (unpaired) electrons. The Bertz CT molecular complexity index is 914. The molecule has 3 rings (SSSR count).